The van der Waals surface area contributed by atoms with Gasteiger partial charge in [-0.1, -0.05) is 0 Å². The third-order valence-corrected chi connectivity index (χ3v) is 2.81. The number of aromatic nitrogens is 1. The maximum atomic E-state index is 10.6. The number of hydrogen-bond acceptors (Lipinski definition) is 4. The SMILES string of the molecule is Cc1scnc1S(N)(=O)=O. The van der Waals surface area contributed by atoms with Crippen LogP contribution in [0.3, 0.4) is 0 Å². The smallest absolute Gasteiger partial charge is 0.232 e. The molecular formula is C4H6N2O2S2. The van der Waals surface area contributed by atoms with E-state index in [2.05, 4.69) is 4.98 Å². The molecule has 0 aliphatic carbocycles. The molecule has 10 heavy (non-hydrogen) atoms. The van der Waals surface area contributed by atoms with Crippen molar-refractivity contribution in [3.8, 4) is 0 Å². The highest BCUT2D eigenvalue weighted by molar-refractivity contribution is 7.89. The zero-order chi connectivity index (χ0) is 7.78. The molecule has 0 bridgehead atoms. The van der Waals surface area contributed by atoms with Crippen molar-refractivity contribution in [1.29, 1.82) is 0 Å². The van der Waals surface area contributed by atoms with Crippen LogP contribution in [0.1, 0.15) is 4.88 Å². The maximum Gasteiger partial charge on any atom is 0.256 e. The highest BCUT2D eigenvalue weighted by Crippen LogP contribution is 2.14. The Morgan fingerprint density at radius 1 is 1.70 bits per heavy atom. The lowest BCUT2D eigenvalue weighted by molar-refractivity contribution is 0.594. The molecule has 2 N–H and O–H groups in total. The molecule has 1 heterocycles. The third-order valence-electron chi connectivity index (χ3n) is 0.970. The van der Waals surface area contributed by atoms with E-state index >= 15 is 0 Å². The van der Waals surface area contributed by atoms with Crippen LogP contribution in [0.4, 0.5) is 0 Å². The molecule has 0 amide bonds. The molecule has 0 spiro atoms. The van der Waals surface area contributed by atoms with Gasteiger partial charge in [-0.25, -0.2) is 18.5 Å². The molecule has 0 radical (unpaired) electrons. The van der Waals surface area contributed by atoms with Crippen molar-refractivity contribution in [3.05, 3.63) is 10.4 Å². The zero-order valence-electron chi connectivity index (χ0n) is 5.23. The highest BCUT2D eigenvalue weighted by atomic mass is 32.2. The molecule has 0 saturated carbocycles. The van der Waals surface area contributed by atoms with Crippen molar-refractivity contribution < 1.29 is 8.42 Å². The van der Waals surface area contributed by atoms with Crippen LogP contribution in [0.15, 0.2) is 10.5 Å². The molecule has 4 nitrogen and oxygen atoms in total. The lowest BCUT2D eigenvalue weighted by Gasteiger charge is -1.90. The van der Waals surface area contributed by atoms with E-state index < -0.39 is 10.0 Å². The van der Waals surface area contributed by atoms with Gasteiger partial charge in [0.05, 0.1) is 5.51 Å². The summed E-state index contributed by atoms with van der Waals surface area (Å²) < 4.78 is 21.3. The number of thiazole rings is 1. The van der Waals surface area contributed by atoms with Gasteiger partial charge < -0.3 is 0 Å². The van der Waals surface area contributed by atoms with E-state index in [4.69, 9.17) is 5.14 Å². The molecule has 0 atom stereocenters. The minimum atomic E-state index is -3.59. The van der Waals surface area contributed by atoms with E-state index in [-0.39, 0.29) is 5.03 Å². The van der Waals surface area contributed by atoms with Gasteiger partial charge in [-0.2, -0.15) is 0 Å². The molecule has 0 fully saturated rings. The van der Waals surface area contributed by atoms with Crippen LogP contribution in [-0.2, 0) is 10.0 Å². The first-order chi connectivity index (χ1) is 4.52. The zero-order valence-corrected chi connectivity index (χ0v) is 6.87. The van der Waals surface area contributed by atoms with Crippen LogP contribution in [0.5, 0.6) is 0 Å². The summed E-state index contributed by atoms with van der Waals surface area (Å²) in [5, 5.41) is 4.80. The van der Waals surface area contributed by atoms with Gasteiger partial charge in [-0.15, -0.1) is 11.3 Å². The van der Waals surface area contributed by atoms with E-state index in [1.165, 1.54) is 16.8 Å². The number of rotatable bonds is 1. The minimum Gasteiger partial charge on any atom is -0.232 e. The Hall–Kier alpha value is -0.460. The molecule has 6 heteroatoms. The van der Waals surface area contributed by atoms with Crippen LogP contribution in [0.2, 0.25) is 0 Å². The summed E-state index contributed by atoms with van der Waals surface area (Å²) in [5.74, 6) is 0. The summed E-state index contributed by atoms with van der Waals surface area (Å²) in [4.78, 5) is 4.22. The number of nitrogens with zero attached hydrogens (tertiary/aromatic N) is 1. The van der Waals surface area contributed by atoms with Crippen molar-refractivity contribution in [2.45, 2.75) is 11.9 Å². The molecular weight excluding hydrogens is 172 g/mol. The quantitative estimate of drug-likeness (QED) is 0.662. The average Bonchev–Trinajstić information content (AvgIpc) is 2.11. The van der Waals surface area contributed by atoms with Crippen LogP contribution in [0.25, 0.3) is 0 Å². The molecule has 1 aromatic rings. The summed E-state index contributed by atoms with van der Waals surface area (Å²) in [6, 6.07) is 0. The van der Waals surface area contributed by atoms with Crippen molar-refractivity contribution in [3.63, 3.8) is 0 Å². The van der Waals surface area contributed by atoms with Gasteiger partial charge in [-0.3, -0.25) is 0 Å². The molecule has 0 unspecified atom stereocenters. The Balaban J connectivity index is 3.32. The highest BCUT2D eigenvalue weighted by Gasteiger charge is 2.13. The van der Waals surface area contributed by atoms with Gasteiger partial charge in [0.15, 0.2) is 5.03 Å². The first-order valence-electron chi connectivity index (χ1n) is 2.44. The second kappa shape index (κ2) is 2.30. The van der Waals surface area contributed by atoms with Crippen molar-refractivity contribution >= 4 is 21.4 Å². The number of sulfonamides is 1. The van der Waals surface area contributed by atoms with Gasteiger partial charge in [0.25, 0.3) is 10.0 Å². The van der Waals surface area contributed by atoms with Gasteiger partial charge in [0.2, 0.25) is 0 Å². The van der Waals surface area contributed by atoms with Gasteiger partial charge in [-0.05, 0) is 6.92 Å². The van der Waals surface area contributed by atoms with Crippen molar-refractivity contribution in [2.75, 3.05) is 0 Å². The predicted molar refractivity (Wildman–Crippen MR) is 38.2 cm³/mol. The van der Waals surface area contributed by atoms with Gasteiger partial charge in [0, 0.05) is 4.88 Å². The van der Waals surface area contributed by atoms with Crippen LogP contribution >= 0.6 is 11.3 Å². The normalized spacial score (nSPS) is 11.8. The van der Waals surface area contributed by atoms with Crippen LogP contribution < -0.4 is 5.14 Å². The van der Waals surface area contributed by atoms with Crippen molar-refractivity contribution in [2.24, 2.45) is 5.14 Å². The maximum absolute atomic E-state index is 10.6. The molecule has 1 aromatic heterocycles. The van der Waals surface area contributed by atoms with E-state index in [1.54, 1.807) is 6.92 Å². The monoisotopic (exact) mass is 178 g/mol. The number of hydrogen-bond donors (Lipinski definition) is 1. The lowest BCUT2D eigenvalue weighted by atomic mass is 10.6. The Morgan fingerprint density at radius 2 is 2.30 bits per heavy atom. The fourth-order valence-electron chi connectivity index (χ4n) is 0.568. The number of nitrogens with two attached hydrogens (primary N) is 1. The number of primary sulfonamides is 1. The number of aryl methyl sites for hydroxylation is 1. The van der Waals surface area contributed by atoms with Gasteiger partial charge >= 0.3 is 0 Å². The largest absolute Gasteiger partial charge is 0.256 e. The Labute approximate surface area is 62.8 Å². The molecule has 56 valence electrons. The minimum absolute atomic E-state index is 0.0162. The summed E-state index contributed by atoms with van der Waals surface area (Å²) in [6.07, 6.45) is 0. The summed E-state index contributed by atoms with van der Waals surface area (Å²) >= 11 is 1.26. The topological polar surface area (TPSA) is 73.0 Å². The molecule has 0 aliphatic heterocycles. The second-order valence-corrected chi connectivity index (χ2v) is 4.29. The average molecular weight is 178 g/mol. The molecule has 1 rings (SSSR count). The molecule has 0 aliphatic rings. The van der Waals surface area contributed by atoms with Crippen molar-refractivity contribution in [1.82, 2.24) is 4.98 Å². The summed E-state index contributed by atoms with van der Waals surface area (Å²) in [6.45, 7) is 1.66. The van der Waals surface area contributed by atoms with Crippen LogP contribution in [-0.4, -0.2) is 13.4 Å². The predicted octanol–water partition coefficient (Wildman–Crippen LogP) is 0.0989. The fourth-order valence-corrected chi connectivity index (χ4v) is 2.20. The standard InChI is InChI=1S/C4H6N2O2S2/c1-3-4(6-2-9-3)10(5,7)8/h2H,1H3,(H2,5,7,8). The van der Waals surface area contributed by atoms with E-state index in [0.29, 0.717) is 4.88 Å². The summed E-state index contributed by atoms with van der Waals surface area (Å²) in [7, 11) is -3.59. The first kappa shape index (κ1) is 7.64. The van der Waals surface area contributed by atoms with E-state index in [9.17, 15) is 8.42 Å². The molecule has 0 aromatic carbocycles. The molecule has 0 saturated heterocycles. The van der Waals surface area contributed by atoms with Gasteiger partial charge in [0.1, 0.15) is 0 Å². The summed E-state index contributed by atoms with van der Waals surface area (Å²) in [5.41, 5.74) is 1.45. The van der Waals surface area contributed by atoms with E-state index in [0.717, 1.165) is 0 Å². The van der Waals surface area contributed by atoms with Crippen LogP contribution in [0, 0.1) is 6.92 Å². The third kappa shape index (κ3) is 1.34. The second-order valence-electron chi connectivity index (χ2n) is 1.76. The lowest BCUT2D eigenvalue weighted by Crippen LogP contribution is -2.13. The van der Waals surface area contributed by atoms with E-state index in [1.807, 2.05) is 0 Å². The fraction of sp³-hybridized carbons (Fsp3) is 0.250. The Morgan fingerprint density at radius 3 is 2.50 bits per heavy atom. The first-order valence-corrected chi connectivity index (χ1v) is 4.87. The Kier molecular flexibility index (Phi) is 1.76. The Bertz CT molecular complexity index is 327.